The molecule has 11 heteroatoms. The Hall–Kier alpha value is -2.76. The first-order valence-corrected chi connectivity index (χ1v) is 12.2. The summed E-state index contributed by atoms with van der Waals surface area (Å²) in [5.74, 6) is 0.767. The topological polar surface area (TPSA) is 119 Å². The molecule has 1 aromatic heterocycles. The van der Waals surface area contributed by atoms with Crippen LogP contribution in [-0.4, -0.2) is 74.9 Å². The predicted molar refractivity (Wildman–Crippen MR) is 121 cm³/mol. The summed E-state index contributed by atoms with van der Waals surface area (Å²) < 4.78 is 44.8. The first-order chi connectivity index (χ1) is 15.8. The van der Waals surface area contributed by atoms with E-state index >= 15 is 0 Å². The van der Waals surface area contributed by atoms with Gasteiger partial charge in [0, 0.05) is 32.9 Å². The molecule has 0 bridgehead atoms. The fourth-order valence-corrected chi connectivity index (χ4v) is 5.24. The van der Waals surface area contributed by atoms with E-state index in [0.717, 1.165) is 19.3 Å². The van der Waals surface area contributed by atoms with Gasteiger partial charge in [0.15, 0.2) is 11.5 Å². The van der Waals surface area contributed by atoms with E-state index in [-0.39, 0.29) is 23.7 Å². The SMILES string of the molecule is COc1cccc(OC)c1OCC(O)CNC(=O)c1cc(S(=O)(=O)N2CCCCC2)cn1C. The zero-order valence-electron chi connectivity index (χ0n) is 19.1. The number of sulfonamides is 1. The van der Waals surface area contributed by atoms with Crippen molar-refractivity contribution in [1.82, 2.24) is 14.2 Å². The molecule has 33 heavy (non-hydrogen) atoms. The van der Waals surface area contributed by atoms with Gasteiger partial charge in [-0.1, -0.05) is 12.5 Å². The fraction of sp³-hybridized carbons (Fsp3) is 0.500. The van der Waals surface area contributed by atoms with Gasteiger partial charge in [-0.3, -0.25) is 4.79 Å². The van der Waals surface area contributed by atoms with Gasteiger partial charge in [0.2, 0.25) is 15.8 Å². The molecule has 1 amide bonds. The molecule has 0 aliphatic carbocycles. The lowest BCUT2D eigenvalue weighted by molar-refractivity contribution is 0.0827. The minimum Gasteiger partial charge on any atom is -0.493 e. The number of hydrogen-bond donors (Lipinski definition) is 2. The number of benzene rings is 1. The Bertz CT molecular complexity index is 1040. The van der Waals surface area contributed by atoms with Gasteiger partial charge in [-0.05, 0) is 31.0 Å². The third-order valence-corrected chi connectivity index (χ3v) is 7.33. The number of methoxy groups -OCH3 is 2. The Morgan fingerprint density at radius 1 is 1.15 bits per heavy atom. The Morgan fingerprint density at radius 2 is 1.79 bits per heavy atom. The molecule has 1 saturated heterocycles. The van der Waals surface area contributed by atoms with E-state index in [2.05, 4.69) is 5.32 Å². The van der Waals surface area contributed by atoms with Crippen molar-refractivity contribution in [2.45, 2.75) is 30.3 Å². The van der Waals surface area contributed by atoms with Gasteiger partial charge in [0.25, 0.3) is 5.91 Å². The summed E-state index contributed by atoms with van der Waals surface area (Å²) in [6.07, 6.45) is 3.11. The molecule has 1 atom stereocenters. The maximum absolute atomic E-state index is 12.9. The highest BCUT2D eigenvalue weighted by Gasteiger charge is 2.28. The average Bonchev–Trinajstić information content (AvgIpc) is 3.23. The number of amides is 1. The number of aromatic nitrogens is 1. The zero-order chi connectivity index (χ0) is 24.0. The lowest BCUT2D eigenvalue weighted by Gasteiger charge is -2.25. The normalized spacial score (nSPS) is 15.6. The van der Waals surface area contributed by atoms with Crippen LogP contribution in [0.15, 0.2) is 35.4 Å². The Balaban J connectivity index is 1.59. The molecule has 1 aliphatic heterocycles. The van der Waals surface area contributed by atoms with E-state index in [9.17, 15) is 18.3 Å². The van der Waals surface area contributed by atoms with Crippen molar-refractivity contribution in [3.05, 3.63) is 36.2 Å². The first-order valence-electron chi connectivity index (χ1n) is 10.7. The number of carbonyl (C=O) groups excluding carboxylic acids is 1. The molecule has 0 spiro atoms. The second kappa shape index (κ2) is 10.9. The Morgan fingerprint density at radius 3 is 2.39 bits per heavy atom. The minimum absolute atomic E-state index is 0.0872. The lowest BCUT2D eigenvalue weighted by Crippen LogP contribution is -2.36. The number of aliphatic hydroxyl groups is 1. The second-order valence-electron chi connectivity index (χ2n) is 7.80. The smallest absolute Gasteiger partial charge is 0.268 e. The van der Waals surface area contributed by atoms with Crippen LogP contribution in [0.1, 0.15) is 29.8 Å². The van der Waals surface area contributed by atoms with Crippen LogP contribution in [0.25, 0.3) is 0 Å². The van der Waals surface area contributed by atoms with Gasteiger partial charge < -0.3 is 29.2 Å². The van der Waals surface area contributed by atoms with Crippen LogP contribution in [0, 0.1) is 0 Å². The van der Waals surface area contributed by atoms with Crippen LogP contribution >= 0.6 is 0 Å². The van der Waals surface area contributed by atoms with Crippen molar-refractivity contribution in [2.24, 2.45) is 7.05 Å². The number of aliphatic hydroxyl groups excluding tert-OH is 1. The standard InChI is InChI=1S/C22H31N3O7S/c1-24-14-17(33(28,29)25-10-5-4-6-11-25)12-18(24)22(27)23-13-16(26)15-32-21-19(30-2)8-7-9-20(21)31-3/h7-9,12,14,16,26H,4-6,10-11,13,15H2,1-3H3,(H,23,27). The minimum atomic E-state index is -3.64. The lowest BCUT2D eigenvalue weighted by atomic mass is 10.2. The number of nitrogens with one attached hydrogen (secondary N) is 1. The molecular weight excluding hydrogens is 450 g/mol. The number of carbonyl (C=O) groups is 1. The largest absolute Gasteiger partial charge is 0.493 e. The predicted octanol–water partition coefficient (Wildman–Crippen LogP) is 1.39. The van der Waals surface area contributed by atoms with Crippen molar-refractivity contribution in [1.29, 1.82) is 0 Å². The highest BCUT2D eigenvalue weighted by Crippen LogP contribution is 2.36. The molecule has 1 aliphatic rings. The third-order valence-electron chi connectivity index (χ3n) is 5.47. The van der Waals surface area contributed by atoms with Crippen LogP contribution in [-0.2, 0) is 17.1 Å². The van der Waals surface area contributed by atoms with E-state index in [4.69, 9.17) is 14.2 Å². The highest BCUT2D eigenvalue weighted by atomic mass is 32.2. The maximum atomic E-state index is 12.9. The van der Waals surface area contributed by atoms with Crippen LogP contribution in [0.2, 0.25) is 0 Å². The molecule has 1 aromatic carbocycles. The van der Waals surface area contributed by atoms with Crippen molar-refractivity contribution in [3.63, 3.8) is 0 Å². The number of piperidine rings is 1. The summed E-state index contributed by atoms with van der Waals surface area (Å²) in [6.45, 7) is 0.776. The number of hydrogen-bond acceptors (Lipinski definition) is 7. The van der Waals surface area contributed by atoms with Gasteiger partial charge >= 0.3 is 0 Å². The fourth-order valence-electron chi connectivity index (χ4n) is 3.65. The summed E-state index contributed by atoms with van der Waals surface area (Å²) in [6, 6.07) is 6.52. The maximum Gasteiger partial charge on any atom is 0.268 e. The van der Waals surface area contributed by atoms with Crippen LogP contribution in [0.4, 0.5) is 0 Å². The first kappa shape index (κ1) is 24.9. The van der Waals surface area contributed by atoms with Crippen molar-refractivity contribution >= 4 is 15.9 Å². The van der Waals surface area contributed by atoms with Crippen LogP contribution in [0.3, 0.4) is 0 Å². The third kappa shape index (κ3) is 5.79. The highest BCUT2D eigenvalue weighted by molar-refractivity contribution is 7.89. The van der Waals surface area contributed by atoms with E-state index in [0.29, 0.717) is 30.3 Å². The average molecular weight is 482 g/mol. The molecule has 182 valence electrons. The summed E-state index contributed by atoms with van der Waals surface area (Å²) in [4.78, 5) is 12.7. The van der Waals surface area contributed by atoms with Gasteiger partial charge in [-0.25, -0.2) is 8.42 Å². The van der Waals surface area contributed by atoms with Crippen LogP contribution < -0.4 is 19.5 Å². The van der Waals surface area contributed by atoms with Crippen LogP contribution in [0.5, 0.6) is 17.2 Å². The molecule has 1 fully saturated rings. The van der Waals surface area contributed by atoms with Gasteiger partial charge in [-0.2, -0.15) is 4.31 Å². The molecule has 2 N–H and O–H groups in total. The van der Waals surface area contributed by atoms with Crippen molar-refractivity contribution in [3.8, 4) is 17.2 Å². The number of ether oxygens (including phenoxy) is 3. The summed E-state index contributed by atoms with van der Waals surface area (Å²) in [5.41, 5.74) is 0.185. The number of para-hydroxylation sites is 1. The van der Waals surface area contributed by atoms with Gasteiger partial charge in [0.05, 0.1) is 14.2 Å². The number of rotatable bonds is 10. The van der Waals surface area contributed by atoms with Crippen molar-refractivity contribution in [2.75, 3.05) is 40.5 Å². The molecule has 2 heterocycles. The summed E-state index contributed by atoms with van der Waals surface area (Å²) in [7, 11) is 0.963. The van der Waals surface area contributed by atoms with E-state index in [1.54, 1.807) is 25.2 Å². The van der Waals surface area contributed by atoms with Gasteiger partial charge in [0.1, 0.15) is 23.3 Å². The van der Waals surface area contributed by atoms with Gasteiger partial charge in [-0.15, -0.1) is 0 Å². The number of nitrogens with zero attached hydrogens (tertiary/aromatic N) is 2. The van der Waals surface area contributed by atoms with Crippen molar-refractivity contribution < 1.29 is 32.5 Å². The molecule has 2 aromatic rings. The molecule has 3 rings (SSSR count). The zero-order valence-corrected chi connectivity index (χ0v) is 19.9. The summed E-state index contributed by atoms with van der Waals surface area (Å²) in [5, 5.41) is 12.9. The summed E-state index contributed by atoms with van der Waals surface area (Å²) >= 11 is 0. The van der Waals surface area contributed by atoms with E-state index in [1.165, 1.54) is 35.4 Å². The Labute approximate surface area is 194 Å². The quantitative estimate of drug-likeness (QED) is 0.526. The molecular formula is C22H31N3O7S. The monoisotopic (exact) mass is 481 g/mol. The molecule has 1 unspecified atom stereocenters. The van der Waals surface area contributed by atoms with E-state index < -0.39 is 22.0 Å². The molecule has 0 saturated carbocycles. The molecule has 10 nitrogen and oxygen atoms in total. The van der Waals surface area contributed by atoms with E-state index in [1.807, 2.05) is 0 Å². The Kier molecular flexibility index (Phi) is 8.22. The second-order valence-corrected chi connectivity index (χ2v) is 9.74. The number of aryl methyl sites for hydroxylation is 1. The molecule has 0 radical (unpaired) electrons.